The molecule has 0 spiro atoms. The van der Waals surface area contributed by atoms with E-state index in [0.29, 0.717) is 0 Å². The second-order valence-electron chi connectivity index (χ2n) is 4.39. The Bertz CT molecular complexity index is 712. The van der Waals surface area contributed by atoms with Crippen LogP contribution >= 0.6 is 23.2 Å². The summed E-state index contributed by atoms with van der Waals surface area (Å²) in [5.74, 6) is -2.05. The Morgan fingerprint density at radius 3 is 2.24 bits per heavy atom. The lowest BCUT2D eigenvalue weighted by molar-refractivity contribution is 0.102. The molecule has 0 aliphatic rings. The molecular weight excluding hydrogens is 321 g/mol. The van der Waals surface area contributed by atoms with Crippen LogP contribution in [0.2, 0.25) is 10.0 Å². The Balaban J connectivity index is 2.32. The van der Waals surface area contributed by atoms with E-state index in [1.54, 1.807) is 0 Å². The van der Waals surface area contributed by atoms with Crippen LogP contribution in [0.1, 0.15) is 15.9 Å². The molecule has 7 heteroatoms. The van der Waals surface area contributed by atoms with Gasteiger partial charge in [0.05, 0.1) is 21.4 Å². The second-order valence-corrected chi connectivity index (χ2v) is 5.20. The van der Waals surface area contributed by atoms with Crippen molar-refractivity contribution in [3.63, 3.8) is 0 Å². The lowest BCUT2D eigenvalue weighted by Gasteiger charge is -2.09. The zero-order chi connectivity index (χ0) is 15.7. The number of amides is 1. The molecular formula is C14H10Cl2F2N2O. The van der Waals surface area contributed by atoms with Crippen molar-refractivity contribution in [2.45, 2.75) is 6.92 Å². The van der Waals surface area contributed by atoms with E-state index in [9.17, 15) is 13.6 Å². The Labute approximate surface area is 129 Å². The van der Waals surface area contributed by atoms with Crippen molar-refractivity contribution in [1.82, 2.24) is 0 Å². The fourth-order valence-corrected chi connectivity index (χ4v) is 2.14. The summed E-state index contributed by atoms with van der Waals surface area (Å²) in [6.07, 6.45) is 0. The molecule has 0 bridgehead atoms. The highest BCUT2D eigenvalue weighted by Crippen LogP contribution is 2.29. The highest BCUT2D eigenvalue weighted by molar-refractivity contribution is 6.39. The molecule has 0 saturated heterocycles. The van der Waals surface area contributed by atoms with Gasteiger partial charge in [0, 0.05) is 11.6 Å². The zero-order valence-electron chi connectivity index (χ0n) is 10.8. The molecule has 0 saturated carbocycles. The summed E-state index contributed by atoms with van der Waals surface area (Å²) in [6.45, 7) is 1.42. The van der Waals surface area contributed by atoms with E-state index in [4.69, 9.17) is 28.9 Å². The van der Waals surface area contributed by atoms with Crippen molar-refractivity contribution in [2.75, 3.05) is 11.1 Å². The highest BCUT2D eigenvalue weighted by atomic mass is 35.5. The van der Waals surface area contributed by atoms with E-state index in [1.165, 1.54) is 19.1 Å². The van der Waals surface area contributed by atoms with Crippen molar-refractivity contribution < 1.29 is 13.6 Å². The average molecular weight is 331 g/mol. The molecule has 0 unspecified atom stereocenters. The van der Waals surface area contributed by atoms with Gasteiger partial charge >= 0.3 is 0 Å². The molecule has 0 heterocycles. The first-order valence-corrected chi connectivity index (χ1v) is 6.56. The summed E-state index contributed by atoms with van der Waals surface area (Å²) < 4.78 is 27.1. The van der Waals surface area contributed by atoms with Gasteiger partial charge in [-0.05, 0) is 30.7 Å². The predicted octanol–water partition coefficient (Wildman–Crippen LogP) is 4.41. The normalized spacial score (nSPS) is 10.5. The molecule has 0 radical (unpaired) electrons. The van der Waals surface area contributed by atoms with E-state index < -0.39 is 17.5 Å². The summed E-state index contributed by atoms with van der Waals surface area (Å²) in [7, 11) is 0. The van der Waals surface area contributed by atoms with Crippen LogP contribution in [-0.4, -0.2) is 5.91 Å². The first kappa shape index (κ1) is 15.5. The van der Waals surface area contributed by atoms with Crippen LogP contribution in [0.3, 0.4) is 0 Å². The summed E-state index contributed by atoms with van der Waals surface area (Å²) in [5.41, 5.74) is 5.65. The minimum Gasteiger partial charge on any atom is -0.396 e. The molecule has 2 aromatic carbocycles. The van der Waals surface area contributed by atoms with Crippen molar-refractivity contribution in [3.8, 4) is 0 Å². The number of benzene rings is 2. The third-order valence-corrected chi connectivity index (χ3v) is 3.46. The van der Waals surface area contributed by atoms with Gasteiger partial charge in [0.15, 0.2) is 0 Å². The number of halogens is 4. The minimum atomic E-state index is -0.741. The maximum atomic E-state index is 13.7. The fraction of sp³-hybridized carbons (Fsp3) is 0.0714. The molecule has 2 aromatic rings. The summed E-state index contributed by atoms with van der Waals surface area (Å²) in [5, 5.41) is 2.46. The van der Waals surface area contributed by atoms with Crippen LogP contribution in [0.15, 0.2) is 24.3 Å². The lowest BCUT2D eigenvalue weighted by atomic mass is 10.1. The second kappa shape index (κ2) is 5.87. The summed E-state index contributed by atoms with van der Waals surface area (Å²) in [6, 6.07) is 4.48. The van der Waals surface area contributed by atoms with Gasteiger partial charge < -0.3 is 11.1 Å². The first-order valence-electron chi connectivity index (χ1n) is 5.81. The van der Waals surface area contributed by atoms with Gasteiger partial charge in [-0.3, -0.25) is 4.79 Å². The van der Waals surface area contributed by atoms with Gasteiger partial charge in [0.1, 0.15) is 11.6 Å². The third kappa shape index (κ3) is 3.25. The Kier molecular flexibility index (Phi) is 4.34. The number of rotatable bonds is 2. The average Bonchev–Trinajstić information content (AvgIpc) is 2.41. The lowest BCUT2D eigenvalue weighted by Crippen LogP contribution is -2.14. The van der Waals surface area contributed by atoms with Gasteiger partial charge in [0.2, 0.25) is 0 Å². The van der Waals surface area contributed by atoms with E-state index in [-0.39, 0.29) is 32.5 Å². The Morgan fingerprint density at radius 1 is 1.10 bits per heavy atom. The maximum Gasteiger partial charge on any atom is 0.255 e. The van der Waals surface area contributed by atoms with Gasteiger partial charge in [-0.2, -0.15) is 0 Å². The monoisotopic (exact) mass is 330 g/mol. The standard InChI is InChI=1S/C14H10Cl2F2N2O/c1-6-2-11(18)12(5-10(6)17)20-14(21)7-3-8(15)13(19)9(16)4-7/h2-5H,19H2,1H3,(H,20,21). The molecule has 1 amide bonds. The van der Waals surface area contributed by atoms with Crippen LogP contribution in [0.5, 0.6) is 0 Å². The van der Waals surface area contributed by atoms with Crippen LogP contribution in [0.4, 0.5) is 20.2 Å². The largest absolute Gasteiger partial charge is 0.396 e. The van der Waals surface area contributed by atoms with E-state index in [2.05, 4.69) is 5.32 Å². The molecule has 2 rings (SSSR count). The van der Waals surface area contributed by atoms with Crippen molar-refractivity contribution in [1.29, 1.82) is 0 Å². The highest BCUT2D eigenvalue weighted by Gasteiger charge is 2.14. The molecule has 110 valence electrons. The number of carbonyl (C=O) groups excluding carboxylic acids is 1. The van der Waals surface area contributed by atoms with Crippen molar-refractivity contribution in [2.24, 2.45) is 0 Å². The molecule has 0 atom stereocenters. The predicted molar refractivity (Wildman–Crippen MR) is 79.9 cm³/mol. The summed E-state index contributed by atoms with van der Waals surface area (Å²) >= 11 is 11.6. The number of carbonyl (C=O) groups is 1. The Morgan fingerprint density at radius 2 is 1.67 bits per heavy atom. The molecule has 0 fully saturated rings. The quantitative estimate of drug-likeness (QED) is 0.801. The topological polar surface area (TPSA) is 55.1 Å². The number of nitrogens with one attached hydrogen (secondary N) is 1. The van der Waals surface area contributed by atoms with Crippen molar-refractivity contribution >= 4 is 40.5 Å². The van der Waals surface area contributed by atoms with Crippen LogP contribution in [-0.2, 0) is 0 Å². The van der Waals surface area contributed by atoms with E-state index in [1.807, 2.05) is 0 Å². The third-order valence-electron chi connectivity index (χ3n) is 2.84. The number of anilines is 2. The van der Waals surface area contributed by atoms with Gasteiger partial charge in [-0.25, -0.2) is 8.78 Å². The van der Waals surface area contributed by atoms with Gasteiger partial charge in [-0.1, -0.05) is 23.2 Å². The van der Waals surface area contributed by atoms with E-state index >= 15 is 0 Å². The number of aryl methyl sites for hydroxylation is 1. The van der Waals surface area contributed by atoms with Gasteiger partial charge in [0.25, 0.3) is 5.91 Å². The minimum absolute atomic E-state index is 0.0829. The molecule has 0 aromatic heterocycles. The molecule has 21 heavy (non-hydrogen) atoms. The molecule has 3 nitrogen and oxygen atoms in total. The SMILES string of the molecule is Cc1cc(F)c(NC(=O)c2cc(Cl)c(N)c(Cl)c2)cc1F. The van der Waals surface area contributed by atoms with E-state index in [0.717, 1.165) is 12.1 Å². The van der Waals surface area contributed by atoms with Crippen LogP contribution in [0, 0.1) is 18.6 Å². The molecule has 0 aliphatic carbocycles. The maximum absolute atomic E-state index is 13.7. The zero-order valence-corrected chi connectivity index (χ0v) is 12.3. The molecule has 3 N–H and O–H groups in total. The first-order chi connectivity index (χ1) is 9.79. The Hall–Kier alpha value is -1.85. The fourth-order valence-electron chi connectivity index (χ4n) is 1.65. The van der Waals surface area contributed by atoms with Crippen LogP contribution in [0.25, 0.3) is 0 Å². The number of hydrogen-bond donors (Lipinski definition) is 2. The van der Waals surface area contributed by atoms with Crippen LogP contribution < -0.4 is 11.1 Å². The number of hydrogen-bond acceptors (Lipinski definition) is 2. The van der Waals surface area contributed by atoms with Crippen molar-refractivity contribution in [3.05, 3.63) is 57.1 Å². The number of nitrogens with two attached hydrogens (primary N) is 1. The smallest absolute Gasteiger partial charge is 0.255 e. The van der Waals surface area contributed by atoms with Gasteiger partial charge in [-0.15, -0.1) is 0 Å². The molecule has 0 aliphatic heterocycles. The number of nitrogen functional groups attached to an aromatic ring is 1. The summed E-state index contributed by atoms with van der Waals surface area (Å²) in [4.78, 5) is 12.0.